The monoisotopic (exact) mass is 195 g/mol. The molecule has 1 N–H and O–H groups in total. The van der Waals surface area contributed by atoms with Crippen LogP contribution in [0.2, 0.25) is 0 Å². The van der Waals surface area contributed by atoms with Crippen molar-refractivity contribution in [1.29, 1.82) is 0 Å². The molecule has 0 radical (unpaired) electrons. The molecule has 1 aliphatic heterocycles. The van der Waals surface area contributed by atoms with E-state index in [0.29, 0.717) is 5.25 Å². The van der Waals surface area contributed by atoms with Crippen molar-refractivity contribution in [3.63, 3.8) is 0 Å². The van der Waals surface area contributed by atoms with Crippen molar-refractivity contribution in [2.75, 3.05) is 13.1 Å². The van der Waals surface area contributed by atoms with Crippen LogP contribution in [0, 0.1) is 6.92 Å². The number of rotatable bonds is 2. The molecule has 70 valence electrons. The summed E-state index contributed by atoms with van der Waals surface area (Å²) in [6.07, 6.45) is 1.24. The van der Waals surface area contributed by atoms with Crippen LogP contribution >= 0.6 is 11.8 Å². The molecule has 3 nitrogen and oxygen atoms in total. The number of hydrogen-bond acceptors (Lipinski definition) is 4. The van der Waals surface area contributed by atoms with Gasteiger partial charge in [0, 0.05) is 11.8 Å². The maximum Gasteiger partial charge on any atom is 0.119 e. The summed E-state index contributed by atoms with van der Waals surface area (Å²) < 4.78 is 0. The van der Waals surface area contributed by atoms with Crippen LogP contribution in [0.5, 0.6) is 0 Å². The molecule has 0 aliphatic carbocycles. The van der Waals surface area contributed by atoms with E-state index >= 15 is 0 Å². The Hall–Kier alpha value is -0.610. The molecule has 1 fully saturated rings. The lowest BCUT2D eigenvalue weighted by molar-refractivity contribution is 0.857. The largest absolute Gasteiger partial charge is 0.316 e. The van der Waals surface area contributed by atoms with Crippen molar-refractivity contribution in [2.45, 2.75) is 23.6 Å². The van der Waals surface area contributed by atoms with Gasteiger partial charge in [-0.25, -0.2) is 0 Å². The van der Waals surface area contributed by atoms with E-state index in [-0.39, 0.29) is 0 Å². The lowest BCUT2D eigenvalue weighted by Crippen LogP contribution is -2.10. The van der Waals surface area contributed by atoms with Gasteiger partial charge >= 0.3 is 0 Å². The van der Waals surface area contributed by atoms with Crippen LogP contribution in [-0.4, -0.2) is 28.5 Å². The first kappa shape index (κ1) is 8.97. The van der Waals surface area contributed by atoms with Crippen LogP contribution in [0.4, 0.5) is 0 Å². The minimum atomic E-state index is 0.678. The highest BCUT2D eigenvalue weighted by atomic mass is 32.2. The first-order valence-electron chi connectivity index (χ1n) is 4.52. The van der Waals surface area contributed by atoms with Crippen LogP contribution in [0.25, 0.3) is 0 Å². The van der Waals surface area contributed by atoms with E-state index in [1.165, 1.54) is 6.42 Å². The summed E-state index contributed by atoms with van der Waals surface area (Å²) in [7, 11) is 0. The molecule has 2 heterocycles. The number of hydrogen-bond donors (Lipinski definition) is 1. The second kappa shape index (κ2) is 4.07. The first-order chi connectivity index (χ1) is 6.34. The Kier molecular flexibility index (Phi) is 2.80. The topological polar surface area (TPSA) is 37.8 Å². The Morgan fingerprint density at radius 3 is 3.00 bits per heavy atom. The summed E-state index contributed by atoms with van der Waals surface area (Å²) >= 11 is 1.82. The normalized spacial score (nSPS) is 22.1. The number of aromatic nitrogens is 2. The molecule has 0 spiro atoms. The fourth-order valence-electron chi connectivity index (χ4n) is 1.35. The molecule has 1 aliphatic rings. The number of aryl methyl sites for hydroxylation is 1. The van der Waals surface area contributed by atoms with Crippen molar-refractivity contribution in [3.8, 4) is 0 Å². The predicted octanol–water partition coefficient (Wildman–Crippen LogP) is 1.24. The molecule has 1 atom stereocenters. The molecule has 4 heteroatoms. The minimum Gasteiger partial charge on any atom is -0.316 e. The quantitative estimate of drug-likeness (QED) is 0.770. The molecular weight excluding hydrogens is 182 g/mol. The molecule has 1 saturated heterocycles. The zero-order chi connectivity index (χ0) is 9.10. The highest BCUT2D eigenvalue weighted by molar-refractivity contribution is 7.99. The van der Waals surface area contributed by atoms with Crippen LogP contribution in [-0.2, 0) is 0 Å². The molecule has 0 amide bonds. The fourth-order valence-corrected chi connectivity index (χ4v) is 2.36. The maximum atomic E-state index is 4.13. The van der Waals surface area contributed by atoms with Crippen LogP contribution in [0.1, 0.15) is 12.1 Å². The van der Waals surface area contributed by atoms with E-state index in [2.05, 4.69) is 15.5 Å². The smallest absolute Gasteiger partial charge is 0.119 e. The summed E-state index contributed by atoms with van der Waals surface area (Å²) in [6, 6.07) is 4.06. The van der Waals surface area contributed by atoms with E-state index < -0.39 is 0 Å². The first-order valence-corrected chi connectivity index (χ1v) is 5.40. The average Bonchev–Trinajstić information content (AvgIpc) is 2.62. The van der Waals surface area contributed by atoms with Crippen molar-refractivity contribution >= 4 is 11.8 Å². The van der Waals surface area contributed by atoms with Gasteiger partial charge < -0.3 is 5.32 Å². The zero-order valence-corrected chi connectivity index (χ0v) is 8.47. The predicted molar refractivity (Wildman–Crippen MR) is 53.9 cm³/mol. The van der Waals surface area contributed by atoms with Gasteiger partial charge in [0.1, 0.15) is 5.03 Å². The van der Waals surface area contributed by atoms with Gasteiger partial charge in [0.25, 0.3) is 0 Å². The summed E-state index contributed by atoms with van der Waals surface area (Å²) in [4.78, 5) is 0. The van der Waals surface area contributed by atoms with Crippen molar-refractivity contribution < 1.29 is 0 Å². The van der Waals surface area contributed by atoms with Gasteiger partial charge in [-0.15, -0.1) is 5.10 Å². The second-order valence-corrected chi connectivity index (χ2v) is 4.57. The molecule has 0 unspecified atom stereocenters. The second-order valence-electron chi connectivity index (χ2n) is 3.25. The SMILES string of the molecule is Cc1ccc(S[C@@H]2CCNC2)nn1. The van der Waals surface area contributed by atoms with Crippen molar-refractivity contribution in [2.24, 2.45) is 0 Å². The molecule has 13 heavy (non-hydrogen) atoms. The standard InChI is InChI=1S/C9H13N3S/c1-7-2-3-9(12-11-7)13-8-4-5-10-6-8/h2-3,8,10H,4-6H2,1H3/t8-/m1/s1. The number of nitrogens with one attached hydrogen (secondary N) is 1. The van der Waals surface area contributed by atoms with Crippen LogP contribution in [0.15, 0.2) is 17.2 Å². The Morgan fingerprint density at radius 1 is 1.46 bits per heavy atom. The van der Waals surface area contributed by atoms with Crippen molar-refractivity contribution in [1.82, 2.24) is 15.5 Å². The van der Waals surface area contributed by atoms with Gasteiger partial charge in [-0.05, 0) is 32.0 Å². The Labute approximate surface area is 82.3 Å². The number of thioether (sulfide) groups is 1. The Bertz CT molecular complexity index is 267. The maximum absolute atomic E-state index is 4.13. The van der Waals surface area contributed by atoms with E-state index in [1.54, 1.807) is 0 Å². The van der Waals surface area contributed by atoms with E-state index in [1.807, 2.05) is 30.8 Å². The van der Waals surface area contributed by atoms with Gasteiger partial charge in [0.05, 0.1) is 5.69 Å². The molecule has 0 bridgehead atoms. The minimum absolute atomic E-state index is 0.678. The third-order valence-electron chi connectivity index (χ3n) is 2.08. The van der Waals surface area contributed by atoms with E-state index in [4.69, 9.17) is 0 Å². The average molecular weight is 195 g/mol. The van der Waals surface area contributed by atoms with Crippen LogP contribution < -0.4 is 5.32 Å². The summed E-state index contributed by atoms with van der Waals surface area (Å²) in [5.74, 6) is 0. The summed E-state index contributed by atoms with van der Waals surface area (Å²) in [5.41, 5.74) is 0.980. The molecule has 1 aromatic heterocycles. The van der Waals surface area contributed by atoms with Gasteiger partial charge in [0.2, 0.25) is 0 Å². The molecule has 0 aromatic carbocycles. The third-order valence-corrected chi connectivity index (χ3v) is 3.27. The highest BCUT2D eigenvalue weighted by Crippen LogP contribution is 2.24. The van der Waals surface area contributed by atoms with E-state index in [0.717, 1.165) is 23.8 Å². The lowest BCUT2D eigenvalue weighted by Gasteiger charge is -2.05. The molecule has 1 aromatic rings. The van der Waals surface area contributed by atoms with E-state index in [9.17, 15) is 0 Å². The third kappa shape index (κ3) is 2.42. The Morgan fingerprint density at radius 2 is 2.38 bits per heavy atom. The highest BCUT2D eigenvalue weighted by Gasteiger charge is 2.15. The Balaban J connectivity index is 1.97. The molecule has 0 saturated carbocycles. The van der Waals surface area contributed by atoms with Gasteiger partial charge in [-0.3, -0.25) is 0 Å². The molecule has 2 rings (SSSR count). The lowest BCUT2D eigenvalue weighted by atomic mass is 10.4. The van der Waals surface area contributed by atoms with Gasteiger partial charge in [0.15, 0.2) is 0 Å². The zero-order valence-electron chi connectivity index (χ0n) is 7.66. The molecular formula is C9H13N3S. The summed E-state index contributed by atoms with van der Waals surface area (Å²) in [5, 5.41) is 13.2. The van der Waals surface area contributed by atoms with Crippen molar-refractivity contribution in [3.05, 3.63) is 17.8 Å². The summed E-state index contributed by atoms with van der Waals surface area (Å²) in [6.45, 7) is 4.19. The number of nitrogens with zero attached hydrogens (tertiary/aromatic N) is 2. The fraction of sp³-hybridized carbons (Fsp3) is 0.556. The van der Waals surface area contributed by atoms with Crippen LogP contribution in [0.3, 0.4) is 0 Å². The van der Waals surface area contributed by atoms with Gasteiger partial charge in [-0.2, -0.15) is 5.10 Å². The van der Waals surface area contributed by atoms with Gasteiger partial charge in [-0.1, -0.05) is 11.8 Å².